The molecular formula is C18H21F4N5O2S. The zero-order valence-electron chi connectivity index (χ0n) is 16.4. The summed E-state index contributed by atoms with van der Waals surface area (Å²) in [7, 11) is 0. The summed E-state index contributed by atoms with van der Waals surface area (Å²) in [5.74, 6) is -0.864. The third kappa shape index (κ3) is 5.63. The number of rotatable bonds is 6. The van der Waals surface area contributed by atoms with Crippen LogP contribution in [0.3, 0.4) is 0 Å². The summed E-state index contributed by atoms with van der Waals surface area (Å²) < 4.78 is 59.3. The molecular weight excluding hydrogens is 426 g/mol. The highest BCUT2D eigenvalue weighted by molar-refractivity contribution is 8.00. The van der Waals surface area contributed by atoms with Crippen LogP contribution in [0.2, 0.25) is 0 Å². The first-order valence-electron chi connectivity index (χ1n) is 9.20. The molecule has 1 unspecified atom stereocenters. The minimum atomic E-state index is -4.48. The normalized spacial score (nSPS) is 15.9. The van der Waals surface area contributed by atoms with E-state index in [1.165, 1.54) is 19.1 Å². The molecule has 0 aliphatic carbocycles. The highest BCUT2D eigenvalue weighted by atomic mass is 32.2. The molecule has 164 valence electrons. The van der Waals surface area contributed by atoms with Crippen molar-refractivity contribution in [1.82, 2.24) is 14.8 Å². The van der Waals surface area contributed by atoms with Crippen LogP contribution in [0.15, 0.2) is 23.4 Å². The second kappa shape index (κ2) is 9.21. The Labute approximate surface area is 174 Å². The number of ether oxygens (including phenoxy) is 1. The highest BCUT2D eigenvalue weighted by Crippen LogP contribution is 2.30. The number of nitrogens with zero attached hydrogens (tertiary/aromatic N) is 4. The zero-order chi connectivity index (χ0) is 21.9. The van der Waals surface area contributed by atoms with Gasteiger partial charge >= 0.3 is 6.18 Å². The number of morpholine rings is 1. The van der Waals surface area contributed by atoms with Crippen LogP contribution in [0.1, 0.15) is 12.5 Å². The number of anilines is 2. The predicted molar refractivity (Wildman–Crippen MR) is 104 cm³/mol. The van der Waals surface area contributed by atoms with Crippen molar-refractivity contribution in [3.63, 3.8) is 0 Å². The fourth-order valence-corrected chi connectivity index (χ4v) is 3.65. The number of amides is 1. The number of thioether (sulfide) groups is 1. The number of hydrogen-bond acceptors (Lipinski definition) is 6. The molecule has 1 aromatic heterocycles. The molecule has 1 saturated heterocycles. The van der Waals surface area contributed by atoms with E-state index in [4.69, 9.17) is 4.74 Å². The number of alkyl halides is 3. The topological polar surface area (TPSA) is 72.3 Å². The van der Waals surface area contributed by atoms with Crippen molar-refractivity contribution in [2.24, 2.45) is 0 Å². The number of carbonyl (C=O) groups excluding carboxylic acids is 1. The monoisotopic (exact) mass is 447 g/mol. The van der Waals surface area contributed by atoms with Crippen LogP contribution in [0.5, 0.6) is 0 Å². The molecule has 0 spiro atoms. The number of benzene rings is 1. The third-order valence-corrected chi connectivity index (χ3v) is 5.50. The van der Waals surface area contributed by atoms with Crippen molar-refractivity contribution in [3.8, 4) is 0 Å². The molecule has 30 heavy (non-hydrogen) atoms. The van der Waals surface area contributed by atoms with Gasteiger partial charge in [0.05, 0.1) is 18.5 Å². The van der Waals surface area contributed by atoms with E-state index in [2.05, 4.69) is 15.5 Å². The maximum absolute atomic E-state index is 13.7. The summed E-state index contributed by atoms with van der Waals surface area (Å²) in [4.78, 5) is 14.1. The first kappa shape index (κ1) is 22.3. The smallest absolute Gasteiger partial charge is 0.378 e. The Kier molecular flexibility index (Phi) is 6.86. The summed E-state index contributed by atoms with van der Waals surface area (Å²) in [5, 5.41) is 9.56. The summed E-state index contributed by atoms with van der Waals surface area (Å²) in [6, 6.07) is 4.26. The van der Waals surface area contributed by atoms with Crippen LogP contribution in [0.4, 0.5) is 29.2 Å². The highest BCUT2D eigenvalue weighted by Gasteiger charge is 2.33. The van der Waals surface area contributed by atoms with E-state index in [1.54, 1.807) is 17.9 Å². The van der Waals surface area contributed by atoms with Crippen molar-refractivity contribution < 1.29 is 27.1 Å². The average Bonchev–Trinajstić information content (AvgIpc) is 3.06. The Balaban J connectivity index is 1.76. The lowest BCUT2D eigenvalue weighted by atomic mass is 10.2. The van der Waals surface area contributed by atoms with Crippen molar-refractivity contribution in [3.05, 3.63) is 29.6 Å². The first-order chi connectivity index (χ1) is 14.1. The Morgan fingerprint density at radius 2 is 2.00 bits per heavy atom. The number of aromatic nitrogens is 3. The summed E-state index contributed by atoms with van der Waals surface area (Å²) in [6.07, 6.45) is -4.48. The molecule has 2 aromatic rings. The molecule has 0 saturated carbocycles. The largest absolute Gasteiger partial charge is 0.406 e. The predicted octanol–water partition coefficient (Wildman–Crippen LogP) is 3.24. The molecule has 1 fully saturated rings. The lowest BCUT2D eigenvalue weighted by Crippen LogP contribution is -2.38. The van der Waals surface area contributed by atoms with Crippen LogP contribution >= 0.6 is 11.8 Å². The summed E-state index contributed by atoms with van der Waals surface area (Å²) in [5.41, 5.74) is 0.702. The molecule has 1 atom stereocenters. The van der Waals surface area contributed by atoms with Gasteiger partial charge in [0.1, 0.15) is 12.4 Å². The molecule has 0 bridgehead atoms. The van der Waals surface area contributed by atoms with Gasteiger partial charge in [-0.25, -0.2) is 4.39 Å². The van der Waals surface area contributed by atoms with E-state index in [9.17, 15) is 22.4 Å². The van der Waals surface area contributed by atoms with Gasteiger partial charge in [-0.3, -0.25) is 9.36 Å². The maximum atomic E-state index is 13.7. The number of carbonyl (C=O) groups is 1. The van der Waals surface area contributed by atoms with Crippen LogP contribution in [0, 0.1) is 12.7 Å². The number of aryl methyl sites for hydroxylation is 1. The molecule has 1 aromatic carbocycles. The molecule has 3 rings (SSSR count). The van der Waals surface area contributed by atoms with Gasteiger partial charge in [-0.15, -0.1) is 10.2 Å². The van der Waals surface area contributed by atoms with Gasteiger partial charge in [-0.1, -0.05) is 17.8 Å². The van der Waals surface area contributed by atoms with Gasteiger partial charge in [-0.2, -0.15) is 13.2 Å². The third-order valence-electron chi connectivity index (χ3n) is 4.42. The van der Waals surface area contributed by atoms with Gasteiger partial charge in [0.2, 0.25) is 11.9 Å². The van der Waals surface area contributed by atoms with Crippen molar-refractivity contribution in [2.75, 3.05) is 36.5 Å². The fraction of sp³-hybridized carbons (Fsp3) is 0.500. The second-order valence-corrected chi connectivity index (χ2v) is 8.10. The summed E-state index contributed by atoms with van der Waals surface area (Å²) >= 11 is 0.856. The Bertz CT molecular complexity index is 899. The maximum Gasteiger partial charge on any atom is 0.406 e. The van der Waals surface area contributed by atoms with Gasteiger partial charge in [0.25, 0.3) is 0 Å². The van der Waals surface area contributed by atoms with Gasteiger partial charge in [0, 0.05) is 18.8 Å². The molecule has 7 nitrogen and oxygen atoms in total. The molecule has 1 amide bonds. The van der Waals surface area contributed by atoms with Gasteiger partial charge in [0.15, 0.2) is 5.16 Å². The number of nitrogens with one attached hydrogen (secondary N) is 1. The lowest BCUT2D eigenvalue weighted by Gasteiger charge is -2.28. The van der Waals surface area contributed by atoms with E-state index >= 15 is 0 Å². The molecule has 1 aliphatic rings. The molecule has 2 heterocycles. The minimum Gasteiger partial charge on any atom is -0.378 e. The Morgan fingerprint density at radius 1 is 1.30 bits per heavy atom. The average molecular weight is 447 g/mol. The van der Waals surface area contributed by atoms with Crippen molar-refractivity contribution in [2.45, 2.75) is 37.0 Å². The van der Waals surface area contributed by atoms with Crippen LogP contribution < -0.4 is 10.2 Å². The van der Waals surface area contributed by atoms with Gasteiger partial charge in [-0.05, 0) is 31.5 Å². The van der Waals surface area contributed by atoms with Crippen molar-refractivity contribution in [1.29, 1.82) is 0 Å². The van der Waals surface area contributed by atoms with Crippen molar-refractivity contribution >= 4 is 29.3 Å². The van der Waals surface area contributed by atoms with E-state index in [-0.39, 0.29) is 16.8 Å². The van der Waals surface area contributed by atoms with E-state index < -0.39 is 29.7 Å². The van der Waals surface area contributed by atoms with Crippen LogP contribution in [-0.4, -0.2) is 58.4 Å². The van der Waals surface area contributed by atoms with Gasteiger partial charge < -0.3 is 15.0 Å². The fourth-order valence-electron chi connectivity index (χ4n) is 2.81. The molecule has 0 radical (unpaired) electrons. The van der Waals surface area contributed by atoms with E-state index in [1.807, 2.05) is 0 Å². The Morgan fingerprint density at radius 3 is 2.63 bits per heavy atom. The van der Waals surface area contributed by atoms with Crippen LogP contribution in [-0.2, 0) is 16.1 Å². The quantitative estimate of drug-likeness (QED) is 0.542. The molecule has 1 N–H and O–H groups in total. The van der Waals surface area contributed by atoms with Crippen LogP contribution in [0.25, 0.3) is 0 Å². The second-order valence-electron chi connectivity index (χ2n) is 6.80. The Hall–Kier alpha value is -2.34. The minimum absolute atomic E-state index is 0.0217. The summed E-state index contributed by atoms with van der Waals surface area (Å²) in [6.45, 7) is 3.42. The number of hydrogen-bond donors (Lipinski definition) is 1. The number of halogens is 4. The lowest BCUT2D eigenvalue weighted by molar-refractivity contribution is -0.141. The SMILES string of the molecule is Cc1ccc(NC(=O)C(C)Sc2nnc(N3CCOCC3)n2CC(F)(F)F)cc1F. The van der Waals surface area contributed by atoms with E-state index in [0.29, 0.717) is 31.9 Å². The molecule has 12 heteroatoms. The zero-order valence-corrected chi connectivity index (χ0v) is 17.2. The standard InChI is InChI=1S/C18H21F4N5O2S/c1-11-3-4-13(9-14(11)19)23-15(28)12(2)30-17-25-24-16(26-5-7-29-8-6-26)27(17)10-18(20,21)22/h3-4,9,12H,5-8,10H2,1-2H3,(H,23,28). The first-order valence-corrected chi connectivity index (χ1v) is 10.1. The van der Waals surface area contributed by atoms with E-state index in [0.717, 1.165) is 16.3 Å². The molecule has 1 aliphatic heterocycles.